The van der Waals surface area contributed by atoms with Crippen LogP contribution in [-0.2, 0) is 0 Å². The van der Waals surface area contributed by atoms with Gasteiger partial charge in [-0.15, -0.1) is 0 Å². The zero-order valence-electron chi connectivity index (χ0n) is 10.9. The van der Waals surface area contributed by atoms with E-state index in [1.165, 1.54) is 12.8 Å². The third kappa shape index (κ3) is 3.17. The molecule has 0 radical (unpaired) electrons. The van der Waals surface area contributed by atoms with Gasteiger partial charge in [0.25, 0.3) is 0 Å². The second-order valence-electron chi connectivity index (χ2n) is 5.73. The summed E-state index contributed by atoms with van der Waals surface area (Å²) in [7, 11) is 0. The molecule has 0 N–H and O–H groups in total. The van der Waals surface area contributed by atoms with Crippen LogP contribution < -0.4 is 4.74 Å². The lowest BCUT2D eigenvalue weighted by Crippen LogP contribution is -2.28. The summed E-state index contributed by atoms with van der Waals surface area (Å²) in [6.45, 7) is 4.60. The Labute approximate surface area is 114 Å². The van der Waals surface area contributed by atoms with Gasteiger partial charge in [-0.3, -0.25) is 0 Å². The average molecular weight is 264 g/mol. The van der Waals surface area contributed by atoms with Gasteiger partial charge in [0.15, 0.2) is 0 Å². The molecule has 0 atom stereocenters. The van der Waals surface area contributed by atoms with Crippen molar-refractivity contribution < 1.29 is 4.74 Å². The molecule has 0 aliphatic heterocycles. The number of ether oxygens (including phenoxy) is 1. The normalized spacial score (nSPS) is 19.2. The van der Waals surface area contributed by atoms with Crippen molar-refractivity contribution in [3.63, 3.8) is 0 Å². The molecule has 1 aliphatic rings. The Morgan fingerprint density at radius 1 is 1.33 bits per heavy atom. The molecule has 0 saturated heterocycles. The quantitative estimate of drug-likeness (QED) is 0.784. The van der Waals surface area contributed by atoms with E-state index in [0.29, 0.717) is 21.8 Å². The minimum absolute atomic E-state index is 0.228. The van der Waals surface area contributed by atoms with E-state index in [1.54, 1.807) is 18.2 Å². The van der Waals surface area contributed by atoms with Gasteiger partial charge < -0.3 is 4.74 Å². The van der Waals surface area contributed by atoms with Gasteiger partial charge >= 0.3 is 0 Å². The molecule has 1 saturated carbocycles. The maximum absolute atomic E-state index is 9.07. The van der Waals surface area contributed by atoms with E-state index in [9.17, 15) is 0 Å². The highest BCUT2D eigenvalue weighted by Crippen LogP contribution is 2.37. The molecule has 18 heavy (non-hydrogen) atoms. The molecule has 1 fully saturated rings. The summed E-state index contributed by atoms with van der Waals surface area (Å²) in [5.41, 5.74) is 0.949. The molecule has 0 unspecified atom stereocenters. The molecule has 2 nitrogen and oxygen atoms in total. The van der Waals surface area contributed by atoms with Gasteiger partial charge in [-0.1, -0.05) is 25.4 Å². The molecule has 0 aromatic heterocycles. The third-order valence-electron chi connectivity index (χ3n) is 3.64. The molecular weight excluding hydrogens is 246 g/mol. The van der Waals surface area contributed by atoms with Crippen molar-refractivity contribution in [1.82, 2.24) is 0 Å². The number of benzene rings is 1. The molecule has 0 spiro atoms. The minimum Gasteiger partial charge on any atom is -0.489 e. The van der Waals surface area contributed by atoms with Crippen LogP contribution in [0.1, 0.15) is 45.1 Å². The van der Waals surface area contributed by atoms with E-state index < -0.39 is 0 Å². The Balaban J connectivity index is 2.05. The number of nitrogens with zero attached hydrogens (tertiary/aromatic N) is 1. The highest BCUT2D eigenvalue weighted by atomic mass is 35.5. The van der Waals surface area contributed by atoms with Crippen molar-refractivity contribution in [1.29, 1.82) is 5.26 Å². The molecule has 0 heterocycles. The van der Waals surface area contributed by atoms with E-state index in [0.717, 1.165) is 12.8 Å². The van der Waals surface area contributed by atoms with E-state index in [1.807, 2.05) is 0 Å². The predicted octanol–water partition coefficient (Wildman–Crippen LogP) is 4.56. The second kappa shape index (κ2) is 5.20. The fourth-order valence-corrected chi connectivity index (χ4v) is 2.53. The van der Waals surface area contributed by atoms with Crippen molar-refractivity contribution in [2.75, 3.05) is 0 Å². The Morgan fingerprint density at radius 2 is 2.00 bits per heavy atom. The highest BCUT2D eigenvalue weighted by Gasteiger charge is 2.28. The van der Waals surface area contributed by atoms with Crippen LogP contribution in [-0.4, -0.2) is 6.10 Å². The maximum Gasteiger partial charge on any atom is 0.137 e. The molecular formula is C15H18ClNO. The lowest BCUT2D eigenvalue weighted by Gasteiger charge is -2.34. The lowest BCUT2D eigenvalue weighted by molar-refractivity contribution is 0.0985. The Hall–Kier alpha value is -1.20. The van der Waals surface area contributed by atoms with Crippen molar-refractivity contribution >= 4 is 11.6 Å². The summed E-state index contributed by atoms with van der Waals surface area (Å²) < 4.78 is 5.94. The van der Waals surface area contributed by atoms with Gasteiger partial charge in [0, 0.05) is 5.02 Å². The van der Waals surface area contributed by atoms with Gasteiger partial charge in [0.05, 0.1) is 11.7 Å². The van der Waals surface area contributed by atoms with Crippen LogP contribution >= 0.6 is 11.6 Å². The third-order valence-corrected chi connectivity index (χ3v) is 3.88. The zero-order chi connectivity index (χ0) is 13.2. The first-order chi connectivity index (χ1) is 8.50. The maximum atomic E-state index is 9.07. The fraction of sp³-hybridized carbons (Fsp3) is 0.533. The lowest BCUT2D eigenvalue weighted by atomic mass is 9.76. The zero-order valence-corrected chi connectivity index (χ0v) is 11.6. The monoisotopic (exact) mass is 263 g/mol. The molecule has 0 amide bonds. The molecule has 1 aromatic carbocycles. The van der Waals surface area contributed by atoms with Gasteiger partial charge in [-0.05, 0) is 49.3 Å². The standard InChI is InChI=1S/C15H18ClNO/c1-15(2)7-5-13(6-8-15)18-14-4-3-12(16)9-11(14)10-17/h3-4,9,13H,5-8H2,1-2H3. The number of halogens is 1. The van der Waals surface area contributed by atoms with E-state index in [4.69, 9.17) is 21.6 Å². The first-order valence-electron chi connectivity index (χ1n) is 6.36. The first-order valence-corrected chi connectivity index (χ1v) is 6.74. The summed E-state index contributed by atoms with van der Waals surface area (Å²) in [6.07, 6.45) is 4.69. The molecule has 3 heteroatoms. The molecule has 2 rings (SSSR count). The fourth-order valence-electron chi connectivity index (χ4n) is 2.36. The largest absolute Gasteiger partial charge is 0.489 e. The molecule has 0 bridgehead atoms. The molecule has 1 aliphatic carbocycles. The SMILES string of the molecule is CC1(C)CCC(Oc2ccc(Cl)cc2C#N)CC1. The van der Waals surface area contributed by atoms with E-state index >= 15 is 0 Å². The average Bonchev–Trinajstić information content (AvgIpc) is 2.34. The summed E-state index contributed by atoms with van der Waals surface area (Å²) in [5, 5.41) is 9.64. The number of hydrogen-bond donors (Lipinski definition) is 0. The van der Waals surface area contributed by atoms with Gasteiger partial charge in [0.2, 0.25) is 0 Å². The summed E-state index contributed by atoms with van der Waals surface area (Å²) >= 11 is 5.87. The van der Waals surface area contributed by atoms with Crippen molar-refractivity contribution in [3.8, 4) is 11.8 Å². The number of nitriles is 1. The van der Waals surface area contributed by atoms with Gasteiger partial charge in [-0.25, -0.2) is 0 Å². The van der Waals surface area contributed by atoms with Crippen LogP contribution in [0.2, 0.25) is 5.02 Å². The van der Waals surface area contributed by atoms with Crippen LogP contribution in [0.3, 0.4) is 0 Å². The summed E-state index contributed by atoms with van der Waals surface area (Å²) in [4.78, 5) is 0. The predicted molar refractivity (Wildman–Crippen MR) is 72.8 cm³/mol. The summed E-state index contributed by atoms with van der Waals surface area (Å²) in [6, 6.07) is 7.35. The van der Waals surface area contributed by atoms with Crippen molar-refractivity contribution in [2.45, 2.75) is 45.6 Å². The minimum atomic E-state index is 0.228. The van der Waals surface area contributed by atoms with E-state index in [-0.39, 0.29) is 6.10 Å². The molecule has 96 valence electrons. The van der Waals surface area contributed by atoms with Crippen LogP contribution in [0, 0.1) is 16.7 Å². The van der Waals surface area contributed by atoms with Crippen LogP contribution in [0.4, 0.5) is 0 Å². The Morgan fingerprint density at radius 3 is 2.61 bits per heavy atom. The number of hydrogen-bond acceptors (Lipinski definition) is 2. The van der Waals surface area contributed by atoms with Crippen LogP contribution in [0.15, 0.2) is 18.2 Å². The smallest absolute Gasteiger partial charge is 0.137 e. The van der Waals surface area contributed by atoms with Crippen molar-refractivity contribution in [2.24, 2.45) is 5.41 Å². The topological polar surface area (TPSA) is 33.0 Å². The highest BCUT2D eigenvalue weighted by molar-refractivity contribution is 6.30. The van der Waals surface area contributed by atoms with Crippen molar-refractivity contribution in [3.05, 3.63) is 28.8 Å². The Kier molecular flexibility index (Phi) is 3.82. The van der Waals surface area contributed by atoms with Gasteiger partial charge in [-0.2, -0.15) is 5.26 Å². The van der Waals surface area contributed by atoms with Crippen LogP contribution in [0.25, 0.3) is 0 Å². The Bertz CT molecular complexity index is 466. The van der Waals surface area contributed by atoms with Crippen LogP contribution in [0.5, 0.6) is 5.75 Å². The second-order valence-corrected chi connectivity index (χ2v) is 6.17. The first kappa shape index (κ1) is 13.2. The van der Waals surface area contributed by atoms with E-state index in [2.05, 4.69) is 19.9 Å². The molecule has 1 aromatic rings. The number of rotatable bonds is 2. The van der Waals surface area contributed by atoms with Gasteiger partial charge in [0.1, 0.15) is 11.8 Å². The summed E-state index contributed by atoms with van der Waals surface area (Å²) in [5.74, 6) is 0.659.